The Bertz CT molecular complexity index is 486. The average molecular weight is 265 g/mol. The largest absolute Gasteiger partial charge is 0.549 e. The highest BCUT2D eigenvalue weighted by molar-refractivity contribution is 8.00. The molecule has 1 amide bonds. The molecule has 0 aromatic carbocycles. The molecule has 1 rings (SSSR count). The van der Waals surface area contributed by atoms with Crippen LogP contribution in [0.5, 0.6) is 0 Å². The predicted octanol–water partition coefficient (Wildman–Crippen LogP) is -1.12. The van der Waals surface area contributed by atoms with Gasteiger partial charge >= 0.3 is 0 Å². The number of nitriles is 1. The number of aliphatic carboxylic acids is 1. The molecule has 0 radical (unpaired) electrons. The van der Waals surface area contributed by atoms with E-state index in [0.717, 1.165) is 11.8 Å². The SMILES string of the molecule is N#Cc1cccnc1NNC(=O)CSCC(=O)[O-]. The number of rotatable bonds is 6. The van der Waals surface area contributed by atoms with Gasteiger partial charge in [-0.2, -0.15) is 5.26 Å². The molecule has 2 N–H and O–H groups in total. The van der Waals surface area contributed by atoms with Gasteiger partial charge in [0.1, 0.15) is 6.07 Å². The fourth-order valence-corrected chi connectivity index (χ4v) is 1.51. The molecule has 1 heterocycles. The molecule has 0 fully saturated rings. The van der Waals surface area contributed by atoms with Crippen molar-refractivity contribution in [3.8, 4) is 6.07 Å². The summed E-state index contributed by atoms with van der Waals surface area (Å²) in [6, 6.07) is 5.06. The molecule has 7 nitrogen and oxygen atoms in total. The van der Waals surface area contributed by atoms with Gasteiger partial charge in [0.2, 0.25) is 5.91 Å². The van der Waals surface area contributed by atoms with Crippen LogP contribution in [-0.4, -0.2) is 28.4 Å². The Morgan fingerprint density at radius 1 is 1.50 bits per heavy atom. The summed E-state index contributed by atoms with van der Waals surface area (Å²) in [5.41, 5.74) is 5.10. The van der Waals surface area contributed by atoms with Crippen molar-refractivity contribution in [1.82, 2.24) is 10.4 Å². The Kier molecular flexibility index (Phi) is 5.47. The van der Waals surface area contributed by atoms with Gasteiger partial charge in [0, 0.05) is 11.9 Å². The summed E-state index contributed by atoms with van der Waals surface area (Å²) < 4.78 is 0. The van der Waals surface area contributed by atoms with Gasteiger partial charge < -0.3 is 9.90 Å². The lowest BCUT2D eigenvalue weighted by atomic mass is 10.3. The Morgan fingerprint density at radius 2 is 2.28 bits per heavy atom. The van der Waals surface area contributed by atoms with Crippen LogP contribution in [-0.2, 0) is 9.59 Å². The topological polar surface area (TPSA) is 118 Å². The highest BCUT2D eigenvalue weighted by Crippen LogP contribution is 2.07. The first-order chi connectivity index (χ1) is 8.63. The van der Waals surface area contributed by atoms with Crippen molar-refractivity contribution in [2.75, 3.05) is 16.9 Å². The van der Waals surface area contributed by atoms with Crippen molar-refractivity contribution < 1.29 is 14.7 Å². The Labute approximate surface area is 107 Å². The average Bonchev–Trinajstić information content (AvgIpc) is 2.36. The second kappa shape index (κ2) is 7.13. The summed E-state index contributed by atoms with van der Waals surface area (Å²) >= 11 is 0.915. The molecule has 0 unspecified atom stereocenters. The quantitative estimate of drug-likeness (QED) is 0.625. The van der Waals surface area contributed by atoms with Crippen molar-refractivity contribution in [1.29, 1.82) is 5.26 Å². The molecule has 0 aliphatic heterocycles. The van der Waals surface area contributed by atoms with Crippen LogP contribution in [0.4, 0.5) is 5.82 Å². The minimum absolute atomic E-state index is 0.0320. The number of anilines is 1. The van der Waals surface area contributed by atoms with E-state index in [1.165, 1.54) is 6.20 Å². The fourth-order valence-electron chi connectivity index (χ4n) is 0.987. The Hall–Kier alpha value is -2.27. The molecular formula is C10H9N4O3S-. The number of carbonyl (C=O) groups excluding carboxylic acids is 2. The monoisotopic (exact) mass is 265 g/mol. The molecule has 0 spiro atoms. The second-order valence-corrected chi connectivity index (χ2v) is 4.03. The van der Waals surface area contributed by atoms with Gasteiger partial charge in [0.25, 0.3) is 0 Å². The number of amides is 1. The van der Waals surface area contributed by atoms with E-state index in [1.807, 2.05) is 6.07 Å². The van der Waals surface area contributed by atoms with E-state index in [0.29, 0.717) is 5.56 Å². The lowest BCUT2D eigenvalue weighted by Crippen LogP contribution is -2.32. The molecule has 0 aliphatic rings. The van der Waals surface area contributed by atoms with Crippen LogP contribution in [0.1, 0.15) is 5.56 Å². The van der Waals surface area contributed by atoms with Crippen LogP contribution >= 0.6 is 11.8 Å². The van der Waals surface area contributed by atoms with Crippen molar-refractivity contribution in [3.63, 3.8) is 0 Å². The molecule has 94 valence electrons. The molecule has 0 saturated heterocycles. The molecule has 8 heteroatoms. The van der Waals surface area contributed by atoms with Gasteiger partial charge in [-0.15, -0.1) is 11.8 Å². The van der Waals surface area contributed by atoms with Crippen LogP contribution < -0.4 is 16.0 Å². The summed E-state index contributed by atoms with van der Waals surface area (Å²) in [6.45, 7) is 0. The number of carboxylic acid groups (broad SMARTS) is 1. The lowest BCUT2D eigenvalue weighted by Gasteiger charge is -2.08. The number of carbonyl (C=O) groups is 2. The van der Waals surface area contributed by atoms with E-state index in [4.69, 9.17) is 5.26 Å². The number of thioether (sulfide) groups is 1. The van der Waals surface area contributed by atoms with Crippen LogP contribution in [0, 0.1) is 11.3 Å². The van der Waals surface area contributed by atoms with E-state index in [2.05, 4.69) is 15.8 Å². The lowest BCUT2D eigenvalue weighted by molar-refractivity contribution is -0.301. The van der Waals surface area contributed by atoms with Gasteiger partial charge in [-0.3, -0.25) is 15.6 Å². The molecule has 1 aromatic rings. The molecule has 0 bridgehead atoms. The standard InChI is InChI=1S/C10H10N4O3S/c11-4-7-2-1-3-12-10(7)14-13-8(15)5-18-6-9(16)17/h1-3H,5-6H2,(H,12,14)(H,13,15)(H,16,17)/p-1. The number of pyridine rings is 1. The molecule has 0 atom stereocenters. The number of hydrogen-bond donors (Lipinski definition) is 2. The summed E-state index contributed by atoms with van der Waals surface area (Å²) in [4.78, 5) is 25.3. The normalized spacial score (nSPS) is 9.28. The molecule has 1 aromatic heterocycles. The van der Waals surface area contributed by atoms with Gasteiger partial charge in [-0.1, -0.05) is 0 Å². The van der Waals surface area contributed by atoms with Gasteiger partial charge in [0.05, 0.1) is 17.3 Å². The molecule has 0 aliphatic carbocycles. The number of nitrogens with one attached hydrogen (secondary N) is 2. The Balaban J connectivity index is 2.38. The summed E-state index contributed by atoms with van der Waals surface area (Å²) in [7, 11) is 0. The maximum Gasteiger partial charge on any atom is 0.248 e. The minimum atomic E-state index is -1.22. The van der Waals surface area contributed by atoms with E-state index in [-0.39, 0.29) is 17.3 Å². The van der Waals surface area contributed by atoms with Crippen LogP contribution in [0.3, 0.4) is 0 Å². The third kappa shape index (κ3) is 4.71. The zero-order chi connectivity index (χ0) is 13.4. The smallest absolute Gasteiger partial charge is 0.248 e. The van der Waals surface area contributed by atoms with Gasteiger partial charge in [0.15, 0.2) is 5.82 Å². The number of aromatic nitrogens is 1. The molecular weight excluding hydrogens is 256 g/mol. The third-order valence-electron chi connectivity index (χ3n) is 1.70. The van der Waals surface area contributed by atoms with Crippen molar-refractivity contribution in [2.45, 2.75) is 0 Å². The number of nitrogens with zero attached hydrogens (tertiary/aromatic N) is 2. The fraction of sp³-hybridized carbons (Fsp3) is 0.200. The summed E-state index contributed by atoms with van der Waals surface area (Å²) in [6.07, 6.45) is 1.47. The number of hydrogen-bond acceptors (Lipinski definition) is 7. The first kappa shape index (κ1) is 13.8. The minimum Gasteiger partial charge on any atom is -0.549 e. The van der Waals surface area contributed by atoms with E-state index in [1.54, 1.807) is 12.1 Å². The van der Waals surface area contributed by atoms with E-state index < -0.39 is 11.9 Å². The van der Waals surface area contributed by atoms with E-state index >= 15 is 0 Å². The predicted molar refractivity (Wildman–Crippen MR) is 63.0 cm³/mol. The zero-order valence-electron chi connectivity index (χ0n) is 9.17. The first-order valence-corrected chi connectivity index (χ1v) is 5.96. The highest BCUT2D eigenvalue weighted by atomic mass is 32.2. The third-order valence-corrected chi connectivity index (χ3v) is 2.61. The summed E-state index contributed by atoms with van der Waals surface area (Å²) in [5.74, 6) is -1.69. The van der Waals surface area contributed by atoms with Crippen LogP contribution in [0.2, 0.25) is 0 Å². The molecule has 18 heavy (non-hydrogen) atoms. The van der Waals surface area contributed by atoms with Crippen molar-refractivity contribution in [3.05, 3.63) is 23.9 Å². The zero-order valence-corrected chi connectivity index (χ0v) is 9.99. The Morgan fingerprint density at radius 3 is 2.94 bits per heavy atom. The van der Waals surface area contributed by atoms with Crippen LogP contribution in [0.15, 0.2) is 18.3 Å². The summed E-state index contributed by atoms with van der Waals surface area (Å²) in [5, 5.41) is 18.9. The second-order valence-electron chi connectivity index (χ2n) is 3.05. The number of hydrazine groups is 1. The number of carboxylic acids is 1. The highest BCUT2D eigenvalue weighted by Gasteiger charge is 2.04. The van der Waals surface area contributed by atoms with Gasteiger partial charge in [-0.25, -0.2) is 4.98 Å². The maximum atomic E-state index is 11.3. The molecule has 0 saturated carbocycles. The maximum absolute atomic E-state index is 11.3. The van der Waals surface area contributed by atoms with Crippen molar-refractivity contribution >= 4 is 29.5 Å². The van der Waals surface area contributed by atoms with Crippen LogP contribution in [0.25, 0.3) is 0 Å². The first-order valence-electron chi connectivity index (χ1n) is 4.81. The van der Waals surface area contributed by atoms with E-state index in [9.17, 15) is 14.7 Å². The van der Waals surface area contributed by atoms with Gasteiger partial charge in [-0.05, 0) is 12.1 Å². The van der Waals surface area contributed by atoms with Crippen molar-refractivity contribution in [2.24, 2.45) is 0 Å².